The SMILES string of the molecule is CCCCCCCOc1cccnc1F. The number of ether oxygens (including phenoxy) is 1. The Morgan fingerprint density at radius 2 is 2.07 bits per heavy atom. The molecule has 1 aromatic rings. The highest BCUT2D eigenvalue weighted by atomic mass is 19.1. The summed E-state index contributed by atoms with van der Waals surface area (Å²) in [6.07, 6.45) is 7.28. The second kappa shape index (κ2) is 7.21. The Hall–Kier alpha value is -1.12. The van der Waals surface area contributed by atoms with Gasteiger partial charge in [-0.3, -0.25) is 0 Å². The molecule has 0 fully saturated rings. The molecule has 0 atom stereocenters. The Morgan fingerprint density at radius 3 is 2.80 bits per heavy atom. The maximum Gasteiger partial charge on any atom is 0.255 e. The lowest BCUT2D eigenvalue weighted by Gasteiger charge is -2.05. The maximum atomic E-state index is 13.0. The van der Waals surface area contributed by atoms with E-state index in [1.165, 1.54) is 25.5 Å². The molecule has 0 aliphatic carbocycles. The van der Waals surface area contributed by atoms with Crippen molar-refractivity contribution >= 4 is 0 Å². The molecule has 1 heterocycles. The predicted molar refractivity (Wildman–Crippen MR) is 58.4 cm³/mol. The number of hydrogen-bond donors (Lipinski definition) is 0. The van der Waals surface area contributed by atoms with Gasteiger partial charge in [0, 0.05) is 6.20 Å². The Labute approximate surface area is 90.5 Å². The zero-order valence-electron chi connectivity index (χ0n) is 9.21. The molecule has 2 nitrogen and oxygen atoms in total. The van der Waals surface area contributed by atoms with Crippen LogP contribution in [0.25, 0.3) is 0 Å². The lowest BCUT2D eigenvalue weighted by atomic mass is 10.2. The highest BCUT2D eigenvalue weighted by molar-refractivity contribution is 5.17. The molecule has 0 spiro atoms. The summed E-state index contributed by atoms with van der Waals surface area (Å²) in [5.74, 6) is -0.265. The van der Waals surface area contributed by atoms with Crippen LogP contribution in [-0.2, 0) is 0 Å². The third-order valence-electron chi connectivity index (χ3n) is 2.23. The standard InChI is InChI=1S/C12H18FNO/c1-2-3-4-5-6-10-15-11-8-7-9-14-12(11)13/h7-9H,2-6,10H2,1H3. The summed E-state index contributed by atoms with van der Waals surface area (Å²) in [4.78, 5) is 3.52. The number of halogens is 1. The van der Waals surface area contributed by atoms with E-state index in [-0.39, 0.29) is 5.75 Å². The maximum absolute atomic E-state index is 13.0. The Kier molecular flexibility index (Phi) is 5.74. The number of unbranched alkanes of at least 4 members (excludes halogenated alkanes) is 4. The average Bonchev–Trinajstić information content (AvgIpc) is 2.25. The van der Waals surface area contributed by atoms with Crippen molar-refractivity contribution in [1.29, 1.82) is 0 Å². The fraction of sp³-hybridized carbons (Fsp3) is 0.583. The zero-order valence-corrected chi connectivity index (χ0v) is 9.21. The van der Waals surface area contributed by atoms with E-state index < -0.39 is 5.95 Å². The fourth-order valence-electron chi connectivity index (χ4n) is 1.37. The van der Waals surface area contributed by atoms with E-state index >= 15 is 0 Å². The Morgan fingerprint density at radius 1 is 1.27 bits per heavy atom. The van der Waals surface area contributed by atoms with E-state index in [9.17, 15) is 4.39 Å². The molecule has 0 aliphatic rings. The first-order valence-corrected chi connectivity index (χ1v) is 5.58. The van der Waals surface area contributed by atoms with Crippen LogP contribution in [0.4, 0.5) is 4.39 Å². The average molecular weight is 211 g/mol. The number of pyridine rings is 1. The van der Waals surface area contributed by atoms with Gasteiger partial charge in [-0.25, -0.2) is 4.98 Å². The van der Waals surface area contributed by atoms with Gasteiger partial charge in [-0.15, -0.1) is 0 Å². The molecule has 0 N–H and O–H groups in total. The molecule has 0 amide bonds. The van der Waals surface area contributed by atoms with E-state index in [1.807, 2.05) is 0 Å². The van der Waals surface area contributed by atoms with Gasteiger partial charge in [-0.2, -0.15) is 4.39 Å². The van der Waals surface area contributed by atoms with Gasteiger partial charge < -0.3 is 4.74 Å². The molecule has 0 bridgehead atoms. The molecule has 1 aromatic heterocycles. The van der Waals surface area contributed by atoms with Crippen LogP contribution in [0.2, 0.25) is 0 Å². The Balaban J connectivity index is 2.12. The predicted octanol–water partition coefficient (Wildman–Crippen LogP) is 3.57. The van der Waals surface area contributed by atoms with Crippen molar-refractivity contribution in [1.82, 2.24) is 4.98 Å². The van der Waals surface area contributed by atoms with E-state index in [0.717, 1.165) is 12.8 Å². The first kappa shape index (κ1) is 12.0. The second-order valence-electron chi connectivity index (χ2n) is 3.56. The van der Waals surface area contributed by atoms with Crippen LogP contribution in [0.15, 0.2) is 18.3 Å². The summed E-state index contributed by atoms with van der Waals surface area (Å²) < 4.78 is 18.3. The van der Waals surface area contributed by atoms with Crippen LogP contribution in [0.1, 0.15) is 39.0 Å². The number of rotatable bonds is 7. The minimum Gasteiger partial charge on any atom is -0.489 e. The third-order valence-corrected chi connectivity index (χ3v) is 2.23. The molecular formula is C12H18FNO. The molecular weight excluding hydrogens is 193 g/mol. The van der Waals surface area contributed by atoms with E-state index in [4.69, 9.17) is 4.74 Å². The molecule has 3 heteroatoms. The number of aromatic nitrogens is 1. The Bertz CT molecular complexity index is 278. The van der Waals surface area contributed by atoms with Gasteiger partial charge in [0.2, 0.25) is 0 Å². The van der Waals surface area contributed by atoms with Crippen molar-refractivity contribution in [3.8, 4) is 5.75 Å². The van der Waals surface area contributed by atoms with Gasteiger partial charge in [0.05, 0.1) is 6.61 Å². The summed E-state index contributed by atoms with van der Waals surface area (Å²) in [5, 5.41) is 0. The van der Waals surface area contributed by atoms with E-state index in [1.54, 1.807) is 12.1 Å². The third kappa shape index (κ3) is 4.77. The van der Waals surface area contributed by atoms with Gasteiger partial charge >= 0.3 is 0 Å². The first-order valence-electron chi connectivity index (χ1n) is 5.58. The molecule has 15 heavy (non-hydrogen) atoms. The van der Waals surface area contributed by atoms with Gasteiger partial charge in [0.25, 0.3) is 5.95 Å². The van der Waals surface area contributed by atoms with Gasteiger partial charge in [0.15, 0.2) is 5.75 Å². The van der Waals surface area contributed by atoms with E-state index in [2.05, 4.69) is 11.9 Å². The van der Waals surface area contributed by atoms with Gasteiger partial charge in [-0.05, 0) is 18.6 Å². The lowest BCUT2D eigenvalue weighted by molar-refractivity contribution is 0.286. The summed E-state index contributed by atoms with van der Waals surface area (Å²) in [7, 11) is 0. The molecule has 0 saturated carbocycles. The first-order chi connectivity index (χ1) is 7.34. The van der Waals surface area contributed by atoms with Crippen molar-refractivity contribution in [2.75, 3.05) is 6.61 Å². The second-order valence-corrected chi connectivity index (χ2v) is 3.56. The largest absolute Gasteiger partial charge is 0.489 e. The van der Waals surface area contributed by atoms with Crippen molar-refractivity contribution < 1.29 is 9.13 Å². The minimum atomic E-state index is -0.522. The van der Waals surface area contributed by atoms with E-state index in [0.29, 0.717) is 6.61 Å². The van der Waals surface area contributed by atoms with Crippen molar-refractivity contribution in [2.45, 2.75) is 39.0 Å². The van der Waals surface area contributed by atoms with Gasteiger partial charge in [-0.1, -0.05) is 32.6 Å². The highest BCUT2D eigenvalue weighted by Crippen LogP contribution is 2.13. The summed E-state index contributed by atoms with van der Waals surface area (Å²) in [6, 6.07) is 3.28. The molecule has 84 valence electrons. The molecule has 0 aliphatic heterocycles. The van der Waals surface area contributed by atoms with Crippen molar-refractivity contribution in [3.05, 3.63) is 24.3 Å². The summed E-state index contributed by atoms with van der Waals surface area (Å²) in [6.45, 7) is 2.76. The fourth-order valence-corrected chi connectivity index (χ4v) is 1.37. The highest BCUT2D eigenvalue weighted by Gasteiger charge is 2.01. The molecule has 0 radical (unpaired) electrons. The van der Waals surface area contributed by atoms with Crippen molar-refractivity contribution in [3.63, 3.8) is 0 Å². The van der Waals surface area contributed by atoms with Crippen LogP contribution in [0.5, 0.6) is 5.75 Å². The molecule has 0 saturated heterocycles. The molecule has 0 unspecified atom stereocenters. The lowest BCUT2D eigenvalue weighted by Crippen LogP contribution is -2.00. The van der Waals surface area contributed by atoms with Crippen LogP contribution < -0.4 is 4.74 Å². The number of nitrogens with zero attached hydrogens (tertiary/aromatic N) is 1. The molecule has 0 aromatic carbocycles. The number of hydrogen-bond acceptors (Lipinski definition) is 2. The molecule has 1 rings (SSSR count). The quantitative estimate of drug-likeness (QED) is 0.508. The topological polar surface area (TPSA) is 22.1 Å². The van der Waals surface area contributed by atoms with Crippen molar-refractivity contribution in [2.24, 2.45) is 0 Å². The summed E-state index contributed by atoms with van der Waals surface area (Å²) >= 11 is 0. The zero-order chi connectivity index (χ0) is 10.9. The normalized spacial score (nSPS) is 10.3. The van der Waals surface area contributed by atoms with Crippen LogP contribution in [-0.4, -0.2) is 11.6 Å². The van der Waals surface area contributed by atoms with Crippen LogP contribution in [0, 0.1) is 5.95 Å². The van der Waals surface area contributed by atoms with Crippen LogP contribution >= 0.6 is 0 Å². The smallest absolute Gasteiger partial charge is 0.255 e. The van der Waals surface area contributed by atoms with Crippen LogP contribution in [0.3, 0.4) is 0 Å². The summed E-state index contributed by atoms with van der Waals surface area (Å²) in [5.41, 5.74) is 0. The van der Waals surface area contributed by atoms with Gasteiger partial charge in [0.1, 0.15) is 0 Å². The monoisotopic (exact) mass is 211 g/mol. The minimum absolute atomic E-state index is 0.257.